The molecule has 0 radical (unpaired) electrons. The predicted octanol–water partition coefficient (Wildman–Crippen LogP) is 1.88. The third kappa shape index (κ3) is 3.46. The fraction of sp³-hybridized carbons (Fsp3) is 0.462. The van der Waals surface area contributed by atoms with E-state index in [9.17, 15) is 9.90 Å². The van der Waals surface area contributed by atoms with Crippen LogP contribution < -0.4 is 10.6 Å². The molecule has 4 nitrogen and oxygen atoms in total. The molecule has 1 saturated heterocycles. The standard InChI is InChI=1S/C13H17BrN2O2/c14-10-3-4-11(12(17)6-10)13(18)16-8-9-2-1-5-15-7-9/h3-4,6,9,15,17H,1-2,5,7-8H2,(H,16,18). The second-order valence-corrected chi connectivity index (χ2v) is 5.50. The maximum Gasteiger partial charge on any atom is 0.255 e. The van der Waals surface area contributed by atoms with Gasteiger partial charge in [0.1, 0.15) is 5.75 Å². The summed E-state index contributed by atoms with van der Waals surface area (Å²) in [6, 6.07) is 4.89. The molecular weight excluding hydrogens is 296 g/mol. The summed E-state index contributed by atoms with van der Waals surface area (Å²) in [4.78, 5) is 11.9. The highest BCUT2D eigenvalue weighted by atomic mass is 79.9. The topological polar surface area (TPSA) is 61.4 Å². The number of carbonyl (C=O) groups excluding carboxylic acids is 1. The van der Waals surface area contributed by atoms with Crippen molar-refractivity contribution in [1.82, 2.24) is 10.6 Å². The van der Waals surface area contributed by atoms with Gasteiger partial charge in [0.25, 0.3) is 5.91 Å². The Morgan fingerprint density at radius 1 is 1.56 bits per heavy atom. The van der Waals surface area contributed by atoms with Gasteiger partial charge in [0, 0.05) is 11.0 Å². The highest BCUT2D eigenvalue weighted by molar-refractivity contribution is 9.10. The van der Waals surface area contributed by atoms with Gasteiger partial charge < -0.3 is 15.7 Å². The normalized spacial score (nSPS) is 19.5. The molecule has 1 aromatic carbocycles. The van der Waals surface area contributed by atoms with Gasteiger partial charge in [0.2, 0.25) is 0 Å². The van der Waals surface area contributed by atoms with E-state index in [-0.39, 0.29) is 11.7 Å². The van der Waals surface area contributed by atoms with Crippen LogP contribution in [0.25, 0.3) is 0 Å². The van der Waals surface area contributed by atoms with E-state index < -0.39 is 0 Å². The molecule has 0 bridgehead atoms. The van der Waals surface area contributed by atoms with Crippen molar-refractivity contribution >= 4 is 21.8 Å². The lowest BCUT2D eigenvalue weighted by Gasteiger charge is -2.22. The molecule has 1 aliphatic rings. The summed E-state index contributed by atoms with van der Waals surface area (Å²) in [6.45, 7) is 2.67. The fourth-order valence-electron chi connectivity index (χ4n) is 2.13. The van der Waals surface area contributed by atoms with Crippen molar-refractivity contribution in [1.29, 1.82) is 0 Å². The van der Waals surface area contributed by atoms with Crippen LogP contribution in [-0.2, 0) is 0 Å². The zero-order chi connectivity index (χ0) is 13.0. The Labute approximate surface area is 115 Å². The van der Waals surface area contributed by atoms with Crippen LogP contribution in [-0.4, -0.2) is 30.6 Å². The van der Waals surface area contributed by atoms with Gasteiger partial charge in [-0.15, -0.1) is 0 Å². The van der Waals surface area contributed by atoms with E-state index in [1.54, 1.807) is 12.1 Å². The number of amides is 1. The summed E-state index contributed by atoms with van der Waals surface area (Å²) >= 11 is 3.25. The summed E-state index contributed by atoms with van der Waals surface area (Å²) in [5.74, 6) is 0.273. The molecule has 1 unspecified atom stereocenters. The van der Waals surface area contributed by atoms with Crippen molar-refractivity contribution in [3.63, 3.8) is 0 Å². The highest BCUT2D eigenvalue weighted by Crippen LogP contribution is 2.22. The summed E-state index contributed by atoms with van der Waals surface area (Å²) in [7, 11) is 0. The maximum atomic E-state index is 11.9. The Morgan fingerprint density at radius 2 is 2.39 bits per heavy atom. The van der Waals surface area contributed by atoms with E-state index in [0.717, 1.165) is 30.4 Å². The summed E-state index contributed by atoms with van der Waals surface area (Å²) in [6.07, 6.45) is 2.30. The average Bonchev–Trinajstić information content (AvgIpc) is 2.37. The zero-order valence-electron chi connectivity index (χ0n) is 10.1. The minimum atomic E-state index is -0.217. The molecule has 98 valence electrons. The molecule has 2 rings (SSSR count). The van der Waals surface area contributed by atoms with Crippen LogP contribution in [0.4, 0.5) is 0 Å². The van der Waals surface area contributed by atoms with Crippen molar-refractivity contribution < 1.29 is 9.90 Å². The molecule has 1 aromatic rings. The second kappa shape index (κ2) is 6.20. The highest BCUT2D eigenvalue weighted by Gasteiger charge is 2.16. The first-order valence-electron chi connectivity index (χ1n) is 6.14. The van der Waals surface area contributed by atoms with E-state index in [1.165, 1.54) is 6.07 Å². The third-order valence-corrected chi connectivity index (χ3v) is 3.65. The van der Waals surface area contributed by atoms with Crippen molar-refractivity contribution in [2.45, 2.75) is 12.8 Å². The van der Waals surface area contributed by atoms with Crippen molar-refractivity contribution in [2.24, 2.45) is 5.92 Å². The second-order valence-electron chi connectivity index (χ2n) is 4.58. The van der Waals surface area contributed by atoms with Gasteiger partial charge in [-0.05, 0) is 50.0 Å². The van der Waals surface area contributed by atoms with Crippen LogP contribution in [0, 0.1) is 5.92 Å². The average molecular weight is 313 g/mol. The summed E-state index contributed by atoms with van der Waals surface area (Å²) in [5.41, 5.74) is 0.321. The number of phenols is 1. The largest absolute Gasteiger partial charge is 0.507 e. The number of benzene rings is 1. The van der Waals surface area contributed by atoms with Crippen molar-refractivity contribution in [3.8, 4) is 5.75 Å². The van der Waals surface area contributed by atoms with E-state index in [0.29, 0.717) is 18.0 Å². The molecule has 0 spiro atoms. The summed E-state index contributed by atoms with van der Waals surface area (Å²) in [5, 5.41) is 15.9. The van der Waals surface area contributed by atoms with Crippen LogP contribution >= 0.6 is 15.9 Å². The Kier molecular flexibility index (Phi) is 4.60. The van der Waals surface area contributed by atoms with E-state index in [1.807, 2.05) is 0 Å². The molecule has 3 N–H and O–H groups in total. The van der Waals surface area contributed by atoms with E-state index in [4.69, 9.17) is 0 Å². The first kappa shape index (κ1) is 13.4. The fourth-order valence-corrected chi connectivity index (χ4v) is 2.48. The molecule has 1 heterocycles. The third-order valence-electron chi connectivity index (χ3n) is 3.15. The molecule has 0 saturated carbocycles. The lowest BCUT2D eigenvalue weighted by atomic mass is 9.99. The number of nitrogens with one attached hydrogen (secondary N) is 2. The molecule has 1 aliphatic heterocycles. The number of hydrogen-bond donors (Lipinski definition) is 3. The SMILES string of the molecule is O=C(NCC1CCCNC1)c1ccc(Br)cc1O. The Bertz CT molecular complexity index is 431. The van der Waals surface area contributed by atoms with Crippen LogP contribution in [0.5, 0.6) is 5.75 Å². The minimum Gasteiger partial charge on any atom is -0.507 e. The quantitative estimate of drug-likeness (QED) is 0.798. The number of carbonyl (C=O) groups is 1. The molecular formula is C13H17BrN2O2. The number of hydrogen-bond acceptors (Lipinski definition) is 3. The molecule has 1 amide bonds. The molecule has 1 fully saturated rings. The van der Waals surface area contributed by atoms with Crippen LogP contribution in [0.1, 0.15) is 23.2 Å². The van der Waals surface area contributed by atoms with Gasteiger partial charge in [-0.25, -0.2) is 0 Å². The van der Waals surface area contributed by atoms with Gasteiger partial charge >= 0.3 is 0 Å². The number of phenolic OH excluding ortho intramolecular Hbond substituents is 1. The monoisotopic (exact) mass is 312 g/mol. The van der Waals surface area contributed by atoms with Crippen molar-refractivity contribution in [2.75, 3.05) is 19.6 Å². The van der Waals surface area contributed by atoms with Crippen LogP contribution in [0.15, 0.2) is 22.7 Å². The van der Waals surface area contributed by atoms with Crippen LogP contribution in [0.2, 0.25) is 0 Å². The number of halogens is 1. The van der Waals surface area contributed by atoms with E-state index in [2.05, 4.69) is 26.6 Å². The molecule has 18 heavy (non-hydrogen) atoms. The van der Waals surface area contributed by atoms with Crippen LogP contribution in [0.3, 0.4) is 0 Å². The summed E-state index contributed by atoms with van der Waals surface area (Å²) < 4.78 is 0.757. The van der Waals surface area contributed by atoms with Gasteiger partial charge in [-0.2, -0.15) is 0 Å². The smallest absolute Gasteiger partial charge is 0.255 e. The number of aromatic hydroxyl groups is 1. The molecule has 0 aromatic heterocycles. The molecule has 0 aliphatic carbocycles. The Hall–Kier alpha value is -1.07. The van der Waals surface area contributed by atoms with Crippen molar-refractivity contribution in [3.05, 3.63) is 28.2 Å². The van der Waals surface area contributed by atoms with Gasteiger partial charge in [-0.3, -0.25) is 4.79 Å². The lowest BCUT2D eigenvalue weighted by molar-refractivity contribution is 0.0942. The number of piperidine rings is 1. The predicted molar refractivity (Wildman–Crippen MR) is 73.7 cm³/mol. The van der Waals surface area contributed by atoms with Gasteiger partial charge in [-0.1, -0.05) is 15.9 Å². The van der Waals surface area contributed by atoms with Gasteiger partial charge in [0.05, 0.1) is 5.56 Å². The minimum absolute atomic E-state index is 0.00337. The van der Waals surface area contributed by atoms with E-state index >= 15 is 0 Å². The molecule has 5 heteroatoms. The first-order chi connectivity index (χ1) is 8.66. The first-order valence-corrected chi connectivity index (χ1v) is 6.93. The lowest BCUT2D eigenvalue weighted by Crippen LogP contribution is -2.38. The number of rotatable bonds is 3. The molecule has 1 atom stereocenters. The van der Waals surface area contributed by atoms with Gasteiger partial charge in [0.15, 0.2) is 0 Å². The Balaban J connectivity index is 1.90. The maximum absolute atomic E-state index is 11.9. The Morgan fingerprint density at radius 3 is 3.06 bits per heavy atom. The zero-order valence-corrected chi connectivity index (χ0v) is 11.7.